The maximum absolute atomic E-state index is 9.10. The third-order valence-corrected chi connectivity index (χ3v) is 3.30. The van der Waals surface area contributed by atoms with Crippen molar-refractivity contribution in [2.45, 2.75) is 45.2 Å². The van der Waals surface area contributed by atoms with E-state index in [9.17, 15) is 0 Å². The Hall–Kier alpha value is -1.20. The van der Waals surface area contributed by atoms with Crippen molar-refractivity contribution in [2.75, 3.05) is 24.6 Å². The van der Waals surface area contributed by atoms with E-state index in [2.05, 4.69) is 22.2 Å². The summed E-state index contributed by atoms with van der Waals surface area (Å²) in [4.78, 5) is 10.9. The normalized spacial score (nSPS) is 14.6. The quantitative estimate of drug-likeness (QED) is 0.704. The lowest BCUT2D eigenvalue weighted by atomic mass is 10.3. The summed E-state index contributed by atoms with van der Waals surface area (Å²) in [6, 6.07) is 0.704. The van der Waals surface area contributed by atoms with Gasteiger partial charge < -0.3 is 15.3 Å². The van der Waals surface area contributed by atoms with Gasteiger partial charge in [-0.3, -0.25) is 0 Å². The molecule has 0 spiro atoms. The molecule has 1 aromatic heterocycles. The average molecular weight is 264 g/mol. The Labute approximate surface area is 115 Å². The van der Waals surface area contributed by atoms with Crippen LogP contribution in [-0.2, 0) is 6.54 Å². The minimum absolute atomic E-state index is 0.137. The second kappa shape index (κ2) is 7.40. The van der Waals surface area contributed by atoms with Gasteiger partial charge in [-0.25, -0.2) is 9.97 Å². The fraction of sp³-hybridized carbons (Fsp3) is 0.714. The largest absolute Gasteiger partial charge is 0.395 e. The SMILES string of the molecule is CCCCN(CCO)c1ncc(CNC2CC2)cn1. The first-order valence-electron chi connectivity index (χ1n) is 7.23. The monoisotopic (exact) mass is 264 g/mol. The molecule has 0 aromatic carbocycles. The second-order valence-corrected chi connectivity index (χ2v) is 5.11. The van der Waals surface area contributed by atoms with Crippen molar-refractivity contribution in [1.29, 1.82) is 0 Å². The molecule has 0 atom stereocenters. The van der Waals surface area contributed by atoms with E-state index in [0.29, 0.717) is 12.6 Å². The molecule has 1 saturated carbocycles. The molecule has 0 saturated heterocycles. The van der Waals surface area contributed by atoms with Crippen LogP contribution in [0.25, 0.3) is 0 Å². The van der Waals surface area contributed by atoms with E-state index in [4.69, 9.17) is 5.11 Å². The predicted molar refractivity (Wildman–Crippen MR) is 76.1 cm³/mol. The van der Waals surface area contributed by atoms with Crippen LogP contribution in [0.5, 0.6) is 0 Å². The molecule has 1 aliphatic carbocycles. The van der Waals surface area contributed by atoms with Gasteiger partial charge in [-0.1, -0.05) is 13.3 Å². The molecular formula is C14H24N4O. The molecule has 5 heteroatoms. The Morgan fingerprint density at radius 3 is 2.63 bits per heavy atom. The number of nitrogens with zero attached hydrogens (tertiary/aromatic N) is 3. The Morgan fingerprint density at radius 1 is 1.32 bits per heavy atom. The summed E-state index contributed by atoms with van der Waals surface area (Å²) in [7, 11) is 0. The van der Waals surface area contributed by atoms with Crippen LogP contribution >= 0.6 is 0 Å². The Bertz CT molecular complexity index is 364. The number of hydrogen-bond donors (Lipinski definition) is 2. The van der Waals surface area contributed by atoms with Crippen molar-refractivity contribution in [1.82, 2.24) is 15.3 Å². The number of rotatable bonds is 9. The Morgan fingerprint density at radius 2 is 2.05 bits per heavy atom. The van der Waals surface area contributed by atoms with Crippen molar-refractivity contribution in [3.8, 4) is 0 Å². The third-order valence-electron chi connectivity index (χ3n) is 3.30. The van der Waals surface area contributed by atoms with Gasteiger partial charge >= 0.3 is 0 Å². The van der Waals surface area contributed by atoms with Crippen LogP contribution < -0.4 is 10.2 Å². The summed E-state index contributed by atoms with van der Waals surface area (Å²) < 4.78 is 0. The van der Waals surface area contributed by atoms with Gasteiger partial charge in [0.1, 0.15) is 0 Å². The van der Waals surface area contributed by atoms with Gasteiger partial charge in [0.2, 0.25) is 5.95 Å². The van der Waals surface area contributed by atoms with Gasteiger partial charge in [0.15, 0.2) is 0 Å². The minimum Gasteiger partial charge on any atom is -0.395 e. The van der Waals surface area contributed by atoms with Crippen molar-refractivity contribution in [2.24, 2.45) is 0 Å². The zero-order valence-corrected chi connectivity index (χ0v) is 11.7. The molecule has 2 N–H and O–H groups in total. The van der Waals surface area contributed by atoms with Crippen molar-refractivity contribution in [3.05, 3.63) is 18.0 Å². The van der Waals surface area contributed by atoms with E-state index >= 15 is 0 Å². The van der Waals surface area contributed by atoms with E-state index in [1.54, 1.807) is 0 Å². The molecule has 0 radical (unpaired) electrons. The van der Waals surface area contributed by atoms with E-state index in [0.717, 1.165) is 37.4 Å². The summed E-state index contributed by atoms with van der Waals surface area (Å²) in [5.74, 6) is 0.720. The highest BCUT2D eigenvalue weighted by atomic mass is 16.3. The van der Waals surface area contributed by atoms with Gasteiger partial charge in [-0.15, -0.1) is 0 Å². The first-order valence-corrected chi connectivity index (χ1v) is 7.23. The fourth-order valence-corrected chi connectivity index (χ4v) is 1.93. The highest BCUT2D eigenvalue weighted by Gasteiger charge is 2.20. The molecular weight excluding hydrogens is 240 g/mol. The van der Waals surface area contributed by atoms with E-state index in [-0.39, 0.29) is 6.61 Å². The number of hydrogen-bond acceptors (Lipinski definition) is 5. The Kier molecular flexibility index (Phi) is 5.54. The molecule has 5 nitrogen and oxygen atoms in total. The first kappa shape index (κ1) is 14.2. The standard InChI is InChI=1S/C14H24N4O/c1-2-3-6-18(7-8-19)14-16-10-12(11-17-14)9-15-13-4-5-13/h10-11,13,15,19H,2-9H2,1H3. The minimum atomic E-state index is 0.137. The number of aromatic nitrogens is 2. The maximum atomic E-state index is 9.10. The van der Waals surface area contributed by atoms with Crippen LogP contribution in [0.3, 0.4) is 0 Å². The number of unbranched alkanes of at least 4 members (excludes halogenated alkanes) is 1. The van der Waals surface area contributed by atoms with Gasteiger partial charge in [0.05, 0.1) is 6.61 Å². The fourth-order valence-electron chi connectivity index (χ4n) is 1.93. The van der Waals surface area contributed by atoms with Crippen molar-refractivity contribution >= 4 is 5.95 Å². The van der Waals surface area contributed by atoms with Crippen LogP contribution in [0.1, 0.15) is 38.2 Å². The molecule has 1 aromatic rings. The number of anilines is 1. The molecule has 0 unspecified atom stereocenters. The highest BCUT2D eigenvalue weighted by molar-refractivity contribution is 5.29. The van der Waals surface area contributed by atoms with Crippen LogP contribution in [0.15, 0.2) is 12.4 Å². The first-order chi connectivity index (χ1) is 9.33. The smallest absolute Gasteiger partial charge is 0.225 e. The molecule has 2 rings (SSSR count). The summed E-state index contributed by atoms with van der Waals surface area (Å²) in [5, 5.41) is 12.5. The molecule has 0 amide bonds. The number of aliphatic hydroxyl groups excluding tert-OH is 1. The lowest BCUT2D eigenvalue weighted by Crippen LogP contribution is -2.29. The number of nitrogens with one attached hydrogen (secondary N) is 1. The summed E-state index contributed by atoms with van der Waals surface area (Å²) in [5.41, 5.74) is 1.12. The van der Waals surface area contributed by atoms with Crippen molar-refractivity contribution < 1.29 is 5.11 Å². The van der Waals surface area contributed by atoms with Crippen molar-refractivity contribution in [3.63, 3.8) is 0 Å². The van der Waals surface area contributed by atoms with Gasteiger partial charge in [-0.05, 0) is 19.3 Å². The van der Waals surface area contributed by atoms with Crippen LogP contribution in [0.4, 0.5) is 5.95 Å². The molecule has 1 aliphatic rings. The molecule has 1 heterocycles. The zero-order chi connectivity index (χ0) is 13.5. The summed E-state index contributed by atoms with van der Waals surface area (Å²) in [6.45, 7) is 4.64. The predicted octanol–water partition coefficient (Wildman–Crippen LogP) is 1.33. The third kappa shape index (κ3) is 4.76. The van der Waals surface area contributed by atoms with Crippen LogP contribution in [0, 0.1) is 0 Å². The van der Waals surface area contributed by atoms with E-state index < -0.39 is 0 Å². The Balaban J connectivity index is 1.89. The summed E-state index contributed by atoms with van der Waals surface area (Å²) in [6.07, 6.45) is 8.57. The lowest BCUT2D eigenvalue weighted by molar-refractivity contribution is 0.301. The van der Waals surface area contributed by atoms with Gasteiger partial charge in [0.25, 0.3) is 0 Å². The molecule has 0 aliphatic heterocycles. The van der Waals surface area contributed by atoms with Crippen LogP contribution in [-0.4, -0.2) is 40.8 Å². The van der Waals surface area contributed by atoms with Gasteiger partial charge in [-0.2, -0.15) is 0 Å². The molecule has 1 fully saturated rings. The second-order valence-electron chi connectivity index (χ2n) is 5.11. The van der Waals surface area contributed by atoms with E-state index in [1.807, 2.05) is 17.3 Å². The number of aliphatic hydroxyl groups is 1. The maximum Gasteiger partial charge on any atom is 0.225 e. The van der Waals surface area contributed by atoms with Crippen LogP contribution in [0.2, 0.25) is 0 Å². The summed E-state index contributed by atoms with van der Waals surface area (Å²) >= 11 is 0. The average Bonchev–Trinajstić information content (AvgIpc) is 3.26. The zero-order valence-electron chi connectivity index (χ0n) is 11.7. The topological polar surface area (TPSA) is 61.3 Å². The molecule has 106 valence electrons. The lowest BCUT2D eigenvalue weighted by Gasteiger charge is -2.21. The van der Waals surface area contributed by atoms with Gasteiger partial charge in [0, 0.05) is 43.6 Å². The highest BCUT2D eigenvalue weighted by Crippen LogP contribution is 2.19. The molecule has 0 bridgehead atoms. The molecule has 19 heavy (non-hydrogen) atoms. The van der Waals surface area contributed by atoms with E-state index in [1.165, 1.54) is 12.8 Å².